The molecule has 9 heteroatoms. The van der Waals surface area contributed by atoms with Crippen LogP contribution >= 0.6 is 0 Å². The van der Waals surface area contributed by atoms with E-state index >= 15 is 0 Å². The van der Waals surface area contributed by atoms with Crippen molar-refractivity contribution in [1.82, 2.24) is 10.6 Å². The summed E-state index contributed by atoms with van der Waals surface area (Å²) < 4.78 is 0. The molecule has 2 amide bonds. The van der Waals surface area contributed by atoms with Gasteiger partial charge in [0.15, 0.2) is 5.96 Å². The van der Waals surface area contributed by atoms with Crippen LogP contribution in [-0.2, 0) is 16.0 Å². The number of nitrogens with one attached hydrogen (secondary N) is 2. The normalized spacial score (nSPS) is 12.4. The smallest absolute Gasteiger partial charge is 0.240 e. The van der Waals surface area contributed by atoms with E-state index in [4.69, 9.17) is 17.2 Å². The fourth-order valence-corrected chi connectivity index (χ4v) is 4.49. The van der Waals surface area contributed by atoms with Gasteiger partial charge in [-0.15, -0.1) is 0 Å². The maximum absolute atomic E-state index is 13.3. The molecular formula is C30H38N6O3. The Morgan fingerprint density at radius 2 is 1.38 bits per heavy atom. The lowest BCUT2D eigenvalue weighted by molar-refractivity contribution is -0.128. The summed E-state index contributed by atoms with van der Waals surface area (Å²) in [7, 11) is 0. The predicted molar refractivity (Wildman–Crippen MR) is 154 cm³/mol. The molecule has 3 rings (SSSR count). The molecule has 0 saturated carbocycles. The topological polar surface area (TPSA) is 169 Å². The number of aliphatic imine (C=N–C) groups is 1. The highest BCUT2D eigenvalue weighted by atomic mass is 16.3. The van der Waals surface area contributed by atoms with E-state index in [0.717, 1.165) is 12.0 Å². The Kier molecular flexibility index (Phi) is 11.3. The number of hydrogen-bond donors (Lipinski definition) is 6. The molecule has 0 saturated heterocycles. The highest BCUT2D eigenvalue weighted by molar-refractivity contribution is 5.89. The van der Waals surface area contributed by atoms with Crippen LogP contribution in [0, 0.1) is 0 Å². The average molecular weight is 531 g/mol. The minimum absolute atomic E-state index is 0.000199. The van der Waals surface area contributed by atoms with Gasteiger partial charge < -0.3 is 32.9 Å². The molecule has 0 aromatic heterocycles. The van der Waals surface area contributed by atoms with E-state index in [1.54, 1.807) is 12.1 Å². The first-order valence-electron chi connectivity index (χ1n) is 13.1. The molecule has 0 heterocycles. The lowest BCUT2D eigenvalue weighted by Gasteiger charge is -2.24. The van der Waals surface area contributed by atoms with Crippen molar-refractivity contribution in [3.63, 3.8) is 0 Å². The van der Waals surface area contributed by atoms with Crippen LogP contribution in [0.15, 0.2) is 89.9 Å². The van der Waals surface area contributed by atoms with Crippen LogP contribution < -0.4 is 27.8 Å². The van der Waals surface area contributed by atoms with Crippen molar-refractivity contribution in [3.05, 3.63) is 102 Å². The summed E-state index contributed by atoms with van der Waals surface area (Å²) in [5.41, 5.74) is 19.7. The summed E-state index contributed by atoms with van der Waals surface area (Å²) in [6.45, 7) is 0.950. The molecule has 0 bridgehead atoms. The molecule has 0 aliphatic carbocycles. The Hall–Kier alpha value is -4.37. The van der Waals surface area contributed by atoms with Crippen LogP contribution in [0.5, 0.6) is 5.75 Å². The van der Waals surface area contributed by atoms with Crippen LogP contribution in [0.1, 0.15) is 41.9 Å². The van der Waals surface area contributed by atoms with Gasteiger partial charge in [-0.3, -0.25) is 14.6 Å². The molecule has 39 heavy (non-hydrogen) atoms. The molecule has 206 valence electrons. The number of benzene rings is 3. The fraction of sp³-hybridized carbons (Fsp3) is 0.300. The maximum Gasteiger partial charge on any atom is 0.240 e. The standard InChI is InChI=1S/C30H38N6O3/c31-28(38)27(20-21-13-15-24(37)16-14-21)36-29(39)26(12-7-18-35-30(32)33)34-19-17-25(22-8-3-1-4-9-22)23-10-5-2-6-11-23/h1-6,8-11,13-16,25-27,34,37H,7,12,17-20H2,(H2,31,38)(H,36,39)(H4,32,33,35)/t26-,27+/m1/s1. The Bertz CT molecular complexity index is 1160. The average Bonchev–Trinajstić information content (AvgIpc) is 2.93. The van der Waals surface area contributed by atoms with Crippen molar-refractivity contribution >= 4 is 17.8 Å². The van der Waals surface area contributed by atoms with Gasteiger partial charge in [0.25, 0.3) is 0 Å². The Morgan fingerprint density at radius 1 is 0.795 bits per heavy atom. The number of nitrogens with two attached hydrogens (primary N) is 3. The second kappa shape index (κ2) is 15.1. The number of aromatic hydroxyl groups is 1. The monoisotopic (exact) mass is 530 g/mol. The van der Waals surface area contributed by atoms with Crippen LogP contribution in [-0.4, -0.2) is 48.1 Å². The molecule has 3 aromatic carbocycles. The van der Waals surface area contributed by atoms with E-state index in [2.05, 4.69) is 39.9 Å². The number of carbonyl (C=O) groups excluding carboxylic acids is 2. The summed E-state index contributed by atoms with van der Waals surface area (Å²) in [5, 5.41) is 15.7. The van der Waals surface area contributed by atoms with Gasteiger partial charge in [-0.1, -0.05) is 72.8 Å². The maximum atomic E-state index is 13.3. The second-order valence-electron chi connectivity index (χ2n) is 9.45. The second-order valence-corrected chi connectivity index (χ2v) is 9.45. The number of hydrogen-bond acceptors (Lipinski definition) is 5. The molecule has 0 aliphatic heterocycles. The molecule has 0 aliphatic rings. The van der Waals surface area contributed by atoms with Crippen molar-refractivity contribution in [3.8, 4) is 5.75 Å². The number of rotatable bonds is 15. The Balaban J connectivity index is 1.69. The fourth-order valence-electron chi connectivity index (χ4n) is 4.49. The van der Waals surface area contributed by atoms with Gasteiger partial charge in [0, 0.05) is 18.9 Å². The van der Waals surface area contributed by atoms with Crippen molar-refractivity contribution in [2.75, 3.05) is 13.1 Å². The van der Waals surface area contributed by atoms with Crippen molar-refractivity contribution in [2.24, 2.45) is 22.2 Å². The third-order valence-corrected chi connectivity index (χ3v) is 6.53. The molecule has 0 spiro atoms. The lowest BCUT2D eigenvalue weighted by atomic mass is 9.88. The zero-order valence-corrected chi connectivity index (χ0v) is 22.0. The van der Waals surface area contributed by atoms with Crippen LogP contribution in [0.2, 0.25) is 0 Å². The van der Waals surface area contributed by atoms with Gasteiger partial charge in [0.2, 0.25) is 11.8 Å². The lowest BCUT2D eigenvalue weighted by Crippen LogP contribution is -2.52. The third kappa shape index (κ3) is 9.79. The number of guanidine groups is 1. The van der Waals surface area contributed by atoms with Gasteiger partial charge >= 0.3 is 0 Å². The van der Waals surface area contributed by atoms with Gasteiger partial charge in [0.1, 0.15) is 11.8 Å². The molecule has 0 radical (unpaired) electrons. The minimum Gasteiger partial charge on any atom is -0.508 e. The Labute approximate surface area is 229 Å². The first kappa shape index (κ1) is 29.2. The number of phenols is 1. The first-order valence-corrected chi connectivity index (χ1v) is 13.1. The zero-order chi connectivity index (χ0) is 28.0. The van der Waals surface area contributed by atoms with E-state index in [1.807, 2.05) is 36.4 Å². The van der Waals surface area contributed by atoms with Crippen molar-refractivity contribution in [2.45, 2.75) is 43.7 Å². The van der Waals surface area contributed by atoms with E-state index in [9.17, 15) is 14.7 Å². The van der Waals surface area contributed by atoms with Gasteiger partial charge in [-0.2, -0.15) is 0 Å². The largest absolute Gasteiger partial charge is 0.508 e. The number of carbonyl (C=O) groups is 2. The minimum atomic E-state index is -0.898. The number of primary amides is 1. The quantitative estimate of drug-likeness (QED) is 0.0999. The van der Waals surface area contributed by atoms with E-state index in [1.165, 1.54) is 23.3 Å². The summed E-state index contributed by atoms with van der Waals surface area (Å²) in [6.07, 6.45) is 2.02. The van der Waals surface area contributed by atoms with Crippen molar-refractivity contribution in [1.29, 1.82) is 0 Å². The van der Waals surface area contributed by atoms with E-state index in [0.29, 0.717) is 25.9 Å². The summed E-state index contributed by atoms with van der Waals surface area (Å²) in [5.74, 6) is -0.687. The number of phenolic OH excluding ortho intramolecular Hbond substituents is 1. The van der Waals surface area contributed by atoms with E-state index < -0.39 is 18.0 Å². The highest BCUT2D eigenvalue weighted by Crippen LogP contribution is 2.27. The first-order chi connectivity index (χ1) is 18.8. The molecule has 3 aromatic rings. The predicted octanol–water partition coefficient (Wildman–Crippen LogP) is 2.14. The van der Waals surface area contributed by atoms with Gasteiger partial charge in [-0.05, 0) is 54.6 Å². The SMILES string of the molecule is NC(=O)[C@H](Cc1ccc(O)cc1)NC(=O)[C@@H](CCCN=C(N)N)NCCC(c1ccccc1)c1ccccc1. The van der Waals surface area contributed by atoms with Crippen LogP contribution in [0.4, 0.5) is 0 Å². The van der Waals surface area contributed by atoms with E-state index in [-0.39, 0.29) is 30.0 Å². The molecule has 0 unspecified atom stereocenters. The molecule has 2 atom stereocenters. The van der Waals surface area contributed by atoms with Crippen molar-refractivity contribution < 1.29 is 14.7 Å². The molecule has 9 nitrogen and oxygen atoms in total. The Morgan fingerprint density at radius 3 is 1.92 bits per heavy atom. The van der Waals surface area contributed by atoms with Gasteiger partial charge in [-0.25, -0.2) is 0 Å². The van der Waals surface area contributed by atoms with Gasteiger partial charge in [0.05, 0.1) is 6.04 Å². The number of amides is 2. The van der Waals surface area contributed by atoms with Crippen LogP contribution in [0.25, 0.3) is 0 Å². The van der Waals surface area contributed by atoms with Crippen LogP contribution in [0.3, 0.4) is 0 Å². The molecule has 9 N–H and O–H groups in total. The highest BCUT2D eigenvalue weighted by Gasteiger charge is 2.25. The number of nitrogens with zero attached hydrogens (tertiary/aromatic N) is 1. The zero-order valence-electron chi connectivity index (χ0n) is 22.0. The molecule has 0 fully saturated rings. The summed E-state index contributed by atoms with van der Waals surface area (Å²) >= 11 is 0. The summed E-state index contributed by atoms with van der Waals surface area (Å²) in [6, 6.07) is 25.5. The third-order valence-electron chi connectivity index (χ3n) is 6.53. The summed E-state index contributed by atoms with van der Waals surface area (Å²) in [4.78, 5) is 29.5. The molecular weight excluding hydrogens is 492 g/mol.